The van der Waals surface area contributed by atoms with Gasteiger partial charge in [0.1, 0.15) is 17.9 Å². The lowest BCUT2D eigenvalue weighted by Gasteiger charge is -2.14. The van der Waals surface area contributed by atoms with Crippen LogP contribution in [-0.4, -0.2) is 28.6 Å². The number of carbonyl (C=O) groups is 1. The van der Waals surface area contributed by atoms with Crippen molar-refractivity contribution in [3.63, 3.8) is 0 Å². The van der Waals surface area contributed by atoms with Crippen molar-refractivity contribution >= 4 is 17.3 Å². The van der Waals surface area contributed by atoms with E-state index in [0.29, 0.717) is 18.2 Å². The van der Waals surface area contributed by atoms with Crippen molar-refractivity contribution in [1.29, 1.82) is 0 Å². The highest BCUT2D eigenvalue weighted by Gasteiger charge is 2.38. The van der Waals surface area contributed by atoms with Crippen molar-refractivity contribution in [2.24, 2.45) is 0 Å². The van der Waals surface area contributed by atoms with Crippen LogP contribution in [0.25, 0.3) is 0 Å². The predicted molar refractivity (Wildman–Crippen MR) is 95.9 cm³/mol. The summed E-state index contributed by atoms with van der Waals surface area (Å²) >= 11 is 0. The van der Waals surface area contributed by atoms with Crippen molar-refractivity contribution < 1.29 is 41.5 Å². The molecule has 0 aliphatic heterocycles. The van der Waals surface area contributed by atoms with Crippen LogP contribution in [0.2, 0.25) is 0 Å². The van der Waals surface area contributed by atoms with Crippen LogP contribution in [0.3, 0.4) is 0 Å². The molecule has 2 aromatic rings. The van der Waals surface area contributed by atoms with E-state index in [2.05, 4.69) is 0 Å². The number of benzene rings is 2. The Hall–Kier alpha value is -3.28. The number of halogens is 5. The molecule has 0 saturated heterocycles. The molecule has 0 aromatic heterocycles. The number of aliphatic hydroxyl groups excluding tert-OH is 1. The first-order valence-corrected chi connectivity index (χ1v) is 8.41. The largest absolute Gasteiger partial charge is 0.490 e. The van der Waals surface area contributed by atoms with Gasteiger partial charge in [0.15, 0.2) is 17.7 Å². The van der Waals surface area contributed by atoms with Gasteiger partial charge in [0.25, 0.3) is 11.6 Å². The Balaban J connectivity index is 0.00000218. The molecule has 0 spiro atoms. The standard InChI is InChI=1S/C16H11F5N2O5.C2H6/c17-11-3-2-9(6-12(11)18)28-7-14(24)15(25)22-8-1-4-13(23(26)27)10(5-8)16(19,20)21;1-2/h1-6,14,24H,7H2,(H,22,25);1-2H3. The fourth-order valence-corrected chi connectivity index (χ4v) is 2.04. The normalized spacial score (nSPS) is 11.7. The Morgan fingerprint density at radius 2 is 1.80 bits per heavy atom. The van der Waals surface area contributed by atoms with Crippen molar-refractivity contribution in [2.75, 3.05) is 11.9 Å². The maximum Gasteiger partial charge on any atom is 0.423 e. The lowest BCUT2D eigenvalue weighted by atomic mass is 10.1. The molecule has 0 aliphatic rings. The van der Waals surface area contributed by atoms with Gasteiger partial charge >= 0.3 is 6.18 Å². The summed E-state index contributed by atoms with van der Waals surface area (Å²) in [5.74, 6) is -3.73. The molecule has 0 saturated carbocycles. The predicted octanol–water partition coefficient (Wildman–Crippen LogP) is 4.30. The number of carbonyl (C=O) groups excluding carboxylic acids is 1. The van der Waals surface area contributed by atoms with Crippen molar-refractivity contribution in [3.05, 3.63) is 63.7 Å². The highest BCUT2D eigenvalue weighted by atomic mass is 19.4. The molecule has 12 heteroatoms. The number of alkyl halides is 3. The topological polar surface area (TPSA) is 102 Å². The number of nitro benzene ring substituents is 1. The summed E-state index contributed by atoms with van der Waals surface area (Å²) in [5, 5.41) is 22.3. The van der Waals surface area contributed by atoms with Crippen LogP contribution >= 0.6 is 0 Å². The SMILES string of the molecule is CC.O=C(Nc1ccc([N+](=O)[O-])c(C(F)(F)F)c1)C(O)COc1ccc(F)c(F)c1. The second-order valence-corrected chi connectivity index (χ2v) is 5.38. The minimum Gasteiger partial charge on any atom is -0.490 e. The van der Waals surface area contributed by atoms with Crippen LogP contribution in [0.5, 0.6) is 5.75 Å². The third-order valence-electron chi connectivity index (χ3n) is 3.37. The zero-order valence-corrected chi connectivity index (χ0v) is 15.7. The van der Waals surface area contributed by atoms with E-state index >= 15 is 0 Å². The summed E-state index contributed by atoms with van der Waals surface area (Å²) in [7, 11) is 0. The van der Waals surface area contributed by atoms with Gasteiger partial charge in [-0.05, 0) is 24.3 Å². The summed E-state index contributed by atoms with van der Waals surface area (Å²) in [6.07, 6.45) is -6.92. The molecule has 1 atom stereocenters. The molecule has 0 bridgehead atoms. The molecule has 0 heterocycles. The Bertz CT molecular complexity index is 905. The number of hydrogen-bond acceptors (Lipinski definition) is 5. The molecule has 2 rings (SSSR count). The van der Waals surface area contributed by atoms with Crippen LogP contribution in [0.4, 0.5) is 33.3 Å². The highest BCUT2D eigenvalue weighted by molar-refractivity contribution is 5.94. The van der Waals surface area contributed by atoms with E-state index in [0.717, 1.165) is 18.2 Å². The first kappa shape index (κ1) is 24.8. The minimum atomic E-state index is -5.04. The lowest BCUT2D eigenvalue weighted by Crippen LogP contribution is -2.33. The fourth-order valence-electron chi connectivity index (χ4n) is 2.04. The first-order chi connectivity index (χ1) is 14.0. The summed E-state index contributed by atoms with van der Waals surface area (Å²) < 4.78 is 69.5. The summed E-state index contributed by atoms with van der Waals surface area (Å²) in [4.78, 5) is 21.3. The Morgan fingerprint density at radius 3 is 2.33 bits per heavy atom. The quantitative estimate of drug-likeness (QED) is 0.400. The molecular formula is C18H17F5N2O5. The fraction of sp³-hybridized carbons (Fsp3) is 0.278. The number of nitrogens with one attached hydrogen (secondary N) is 1. The highest BCUT2D eigenvalue weighted by Crippen LogP contribution is 2.37. The number of hydrogen-bond donors (Lipinski definition) is 2. The zero-order valence-electron chi connectivity index (χ0n) is 15.7. The van der Waals surface area contributed by atoms with Crippen LogP contribution < -0.4 is 10.1 Å². The number of nitro groups is 1. The second-order valence-electron chi connectivity index (χ2n) is 5.38. The molecule has 0 radical (unpaired) electrons. The maximum absolute atomic E-state index is 13.0. The van der Waals surface area contributed by atoms with E-state index in [4.69, 9.17) is 4.74 Å². The minimum absolute atomic E-state index is 0.194. The maximum atomic E-state index is 13.0. The molecule has 7 nitrogen and oxygen atoms in total. The number of nitrogens with zero attached hydrogens (tertiary/aromatic N) is 1. The summed E-state index contributed by atoms with van der Waals surface area (Å²) in [6, 6.07) is 4.23. The number of anilines is 1. The van der Waals surface area contributed by atoms with Gasteiger partial charge in [-0.25, -0.2) is 8.78 Å². The average Bonchev–Trinajstić information content (AvgIpc) is 2.69. The van der Waals surface area contributed by atoms with E-state index in [9.17, 15) is 42.0 Å². The number of rotatable bonds is 6. The molecule has 1 unspecified atom stereocenters. The number of aliphatic hydroxyl groups is 1. The van der Waals surface area contributed by atoms with Gasteiger partial charge in [0.05, 0.1) is 4.92 Å². The Kier molecular flexibility index (Phi) is 8.65. The molecule has 0 aliphatic carbocycles. The Labute approximate surface area is 167 Å². The van der Waals surface area contributed by atoms with E-state index in [1.807, 2.05) is 19.2 Å². The van der Waals surface area contributed by atoms with Gasteiger partial charge in [0, 0.05) is 17.8 Å². The van der Waals surface area contributed by atoms with E-state index < -0.39 is 58.3 Å². The lowest BCUT2D eigenvalue weighted by molar-refractivity contribution is -0.388. The molecule has 164 valence electrons. The first-order valence-electron chi connectivity index (χ1n) is 8.41. The van der Waals surface area contributed by atoms with Crippen LogP contribution in [-0.2, 0) is 11.0 Å². The molecule has 0 fully saturated rings. The van der Waals surface area contributed by atoms with Gasteiger partial charge in [-0.15, -0.1) is 0 Å². The van der Waals surface area contributed by atoms with Gasteiger partial charge in [-0.3, -0.25) is 14.9 Å². The van der Waals surface area contributed by atoms with E-state index in [1.54, 1.807) is 0 Å². The molecule has 1 amide bonds. The smallest absolute Gasteiger partial charge is 0.423 e. The van der Waals surface area contributed by atoms with Crippen LogP contribution in [0.15, 0.2) is 36.4 Å². The number of amides is 1. The second kappa shape index (κ2) is 10.5. The third-order valence-corrected chi connectivity index (χ3v) is 3.37. The average molecular weight is 436 g/mol. The van der Waals surface area contributed by atoms with Gasteiger partial charge in [-0.1, -0.05) is 13.8 Å². The molecule has 30 heavy (non-hydrogen) atoms. The Morgan fingerprint density at radius 1 is 1.17 bits per heavy atom. The van der Waals surface area contributed by atoms with Crippen molar-refractivity contribution in [1.82, 2.24) is 0 Å². The third kappa shape index (κ3) is 6.65. The van der Waals surface area contributed by atoms with Gasteiger partial charge in [0.2, 0.25) is 0 Å². The summed E-state index contributed by atoms with van der Waals surface area (Å²) in [6.45, 7) is 3.29. The summed E-state index contributed by atoms with van der Waals surface area (Å²) in [5.41, 5.74) is -3.23. The molecule has 2 N–H and O–H groups in total. The van der Waals surface area contributed by atoms with Gasteiger partial charge < -0.3 is 15.2 Å². The monoisotopic (exact) mass is 436 g/mol. The number of ether oxygens (including phenoxy) is 1. The van der Waals surface area contributed by atoms with E-state index in [-0.39, 0.29) is 5.75 Å². The van der Waals surface area contributed by atoms with Gasteiger partial charge in [-0.2, -0.15) is 13.2 Å². The zero-order chi connectivity index (χ0) is 23.1. The van der Waals surface area contributed by atoms with Crippen molar-refractivity contribution in [3.8, 4) is 5.75 Å². The van der Waals surface area contributed by atoms with E-state index in [1.165, 1.54) is 0 Å². The van der Waals surface area contributed by atoms with Crippen molar-refractivity contribution in [2.45, 2.75) is 26.1 Å². The van der Waals surface area contributed by atoms with Crippen LogP contribution in [0.1, 0.15) is 19.4 Å². The van der Waals surface area contributed by atoms with Crippen LogP contribution in [0, 0.1) is 21.7 Å². The molecular weight excluding hydrogens is 419 g/mol. The molecule has 2 aromatic carbocycles.